The average Bonchev–Trinajstić information content (AvgIpc) is 2.68. The molecule has 0 heterocycles. The fourth-order valence-corrected chi connectivity index (χ4v) is 5.61. The predicted octanol–water partition coefficient (Wildman–Crippen LogP) is 5.72. The Morgan fingerprint density at radius 2 is 0.579 bits per heavy atom. The molecule has 0 N–H and O–H groups in total. The summed E-state index contributed by atoms with van der Waals surface area (Å²) in [5, 5.41) is 0. The summed E-state index contributed by atoms with van der Waals surface area (Å²) in [6.45, 7) is 20.0. The molecule has 2 saturated carbocycles. The fraction of sp³-hybridized carbons (Fsp3) is 1.00. The molecule has 0 aromatic heterocycles. The Kier molecular flexibility index (Phi) is 4.38. The van der Waals surface area contributed by atoms with Gasteiger partial charge in [-0.2, -0.15) is 0 Å². The minimum absolute atomic E-state index is 0.918. The van der Waals surface area contributed by atoms with E-state index in [1.54, 1.807) is 0 Å². The fourth-order valence-electron chi connectivity index (χ4n) is 5.61. The average molecular weight is 264 g/mol. The van der Waals surface area contributed by atoms with E-state index in [-0.39, 0.29) is 0 Å². The van der Waals surface area contributed by atoms with Gasteiger partial charge in [0.2, 0.25) is 0 Å². The molecule has 0 radical (unpaired) electrons. The molecule has 2 aliphatic rings. The van der Waals surface area contributed by atoms with Gasteiger partial charge in [-0.25, -0.2) is 0 Å². The largest absolute Gasteiger partial charge is 0.0620 e. The second-order valence-corrected chi connectivity index (χ2v) is 8.44. The van der Waals surface area contributed by atoms with Crippen molar-refractivity contribution in [2.24, 2.45) is 59.2 Å². The summed E-state index contributed by atoms with van der Waals surface area (Å²) in [6.07, 6.45) is 1.49. The standard InChI is InChI=1S/C19H36/c1-10-11(2)15(6)18(14(10)5)9-19-16(7)12(3)13(4)17(19)8/h10-19H,9H2,1-8H3/t10-,11?,12-,13?,14?,15?,16?,17?,18?,19?/m1/s1. The molecule has 10 atom stereocenters. The molecule has 19 heavy (non-hydrogen) atoms. The molecule has 2 fully saturated rings. The number of rotatable bonds is 2. The first-order chi connectivity index (χ1) is 8.77. The zero-order chi connectivity index (χ0) is 14.5. The summed E-state index contributed by atoms with van der Waals surface area (Å²) in [5.41, 5.74) is 0. The van der Waals surface area contributed by atoms with Gasteiger partial charge in [-0.1, -0.05) is 55.4 Å². The lowest BCUT2D eigenvalue weighted by Gasteiger charge is -2.30. The summed E-state index contributed by atoms with van der Waals surface area (Å²) >= 11 is 0. The highest BCUT2D eigenvalue weighted by atomic mass is 14.5. The van der Waals surface area contributed by atoms with Crippen molar-refractivity contribution < 1.29 is 0 Å². The van der Waals surface area contributed by atoms with E-state index in [0.717, 1.165) is 59.2 Å². The summed E-state index contributed by atoms with van der Waals surface area (Å²) in [6, 6.07) is 0. The second-order valence-electron chi connectivity index (χ2n) is 8.44. The summed E-state index contributed by atoms with van der Waals surface area (Å²) in [7, 11) is 0. The molecule has 0 saturated heterocycles. The Labute approximate surface area is 121 Å². The lowest BCUT2D eigenvalue weighted by molar-refractivity contribution is 0.193. The van der Waals surface area contributed by atoms with Crippen LogP contribution in [0, 0.1) is 59.2 Å². The molecule has 0 heteroatoms. The third-order valence-corrected chi connectivity index (χ3v) is 8.22. The third-order valence-electron chi connectivity index (χ3n) is 8.22. The van der Waals surface area contributed by atoms with E-state index in [1.807, 2.05) is 0 Å². The molecule has 0 aromatic carbocycles. The Morgan fingerprint density at radius 1 is 0.368 bits per heavy atom. The normalized spacial score (nSPS) is 58.7. The molecule has 2 aliphatic carbocycles. The molecule has 0 bridgehead atoms. The van der Waals surface area contributed by atoms with Gasteiger partial charge >= 0.3 is 0 Å². The minimum atomic E-state index is 0.918. The van der Waals surface area contributed by atoms with Gasteiger partial charge < -0.3 is 0 Å². The maximum atomic E-state index is 2.52. The smallest absolute Gasteiger partial charge is 0.0355 e. The highest BCUT2D eigenvalue weighted by molar-refractivity contribution is 4.95. The van der Waals surface area contributed by atoms with Crippen LogP contribution in [0.3, 0.4) is 0 Å². The first-order valence-corrected chi connectivity index (χ1v) is 8.77. The van der Waals surface area contributed by atoms with Crippen LogP contribution in [0.15, 0.2) is 0 Å². The Bertz CT molecular complexity index is 249. The van der Waals surface area contributed by atoms with Gasteiger partial charge in [0.05, 0.1) is 0 Å². The summed E-state index contributed by atoms with van der Waals surface area (Å²) in [4.78, 5) is 0. The van der Waals surface area contributed by atoms with Crippen molar-refractivity contribution >= 4 is 0 Å². The van der Waals surface area contributed by atoms with Gasteiger partial charge in [0.25, 0.3) is 0 Å². The summed E-state index contributed by atoms with van der Waals surface area (Å²) < 4.78 is 0. The van der Waals surface area contributed by atoms with Crippen LogP contribution in [-0.4, -0.2) is 0 Å². The molecule has 112 valence electrons. The quantitative estimate of drug-likeness (QED) is 0.598. The van der Waals surface area contributed by atoms with Gasteiger partial charge in [0.15, 0.2) is 0 Å². The molecule has 0 aliphatic heterocycles. The van der Waals surface area contributed by atoms with Crippen LogP contribution in [0.4, 0.5) is 0 Å². The Balaban J connectivity index is 2.09. The lowest BCUT2D eigenvalue weighted by Crippen LogP contribution is -2.22. The second kappa shape index (κ2) is 5.41. The zero-order valence-electron chi connectivity index (χ0n) is 14.5. The van der Waals surface area contributed by atoms with E-state index in [1.165, 1.54) is 6.42 Å². The predicted molar refractivity (Wildman–Crippen MR) is 84.9 cm³/mol. The van der Waals surface area contributed by atoms with Crippen molar-refractivity contribution in [1.29, 1.82) is 0 Å². The van der Waals surface area contributed by atoms with Crippen molar-refractivity contribution in [3.8, 4) is 0 Å². The van der Waals surface area contributed by atoms with Crippen LogP contribution >= 0.6 is 0 Å². The molecule has 2 rings (SSSR count). The molecule has 0 spiro atoms. The monoisotopic (exact) mass is 264 g/mol. The van der Waals surface area contributed by atoms with Crippen LogP contribution in [-0.2, 0) is 0 Å². The van der Waals surface area contributed by atoms with E-state index in [9.17, 15) is 0 Å². The highest BCUT2D eigenvalue weighted by Crippen LogP contribution is 2.53. The molecule has 0 amide bonds. The third kappa shape index (κ3) is 2.38. The molecule has 0 nitrogen and oxygen atoms in total. The van der Waals surface area contributed by atoms with Gasteiger partial charge in [-0.3, -0.25) is 0 Å². The molecule has 8 unspecified atom stereocenters. The van der Waals surface area contributed by atoms with Crippen LogP contribution < -0.4 is 0 Å². The zero-order valence-corrected chi connectivity index (χ0v) is 14.5. The molecular formula is C19H36. The van der Waals surface area contributed by atoms with Crippen LogP contribution in [0.25, 0.3) is 0 Å². The van der Waals surface area contributed by atoms with Crippen molar-refractivity contribution in [3.63, 3.8) is 0 Å². The van der Waals surface area contributed by atoms with Crippen molar-refractivity contribution in [3.05, 3.63) is 0 Å². The van der Waals surface area contributed by atoms with E-state index in [0.29, 0.717) is 0 Å². The van der Waals surface area contributed by atoms with Gasteiger partial charge in [0, 0.05) is 0 Å². The Morgan fingerprint density at radius 3 is 0.789 bits per heavy atom. The van der Waals surface area contributed by atoms with E-state index in [2.05, 4.69) is 55.4 Å². The summed E-state index contributed by atoms with van der Waals surface area (Å²) in [5.74, 6) is 9.32. The number of hydrogen-bond donors (Lipinski definition) is 0. The van der Waals surface area contributed by atoms with E-state index < -0.39 is 0 Å². The maximum Gasteiger partial charge on any atom is -0.0355 e. The van der Waals surface area contributed by atoms with Gasteiger partial charge in [-0.05, 0) is 65.6 Å². The lowest BCUT2D eigenvalue weighted by atomic mass is 9.76. The number of hydrogen-bond acceptors (Lipinski definition) is 0. The van der Waals surface area contributed by atoms with Crippen molar-refractivity contribution in [1.82, 2.24) is 0 Å². The van der Waals surface area contributed by atoms with Gasteiger partial charge in [0.1, 0.15) is 0 Å². The van der Waals surface area contributed by atoms with Crippen LogP contribution in [0.2, 0.25) is 0 Å². The van der Waals surface area contributed by atoms with Crippen molar-refractivity contribution in [2.75, 3.05) is 0 Å². The van der Waals surface area contributed by atoms with Gasteiger partial charge in [-0.15, -0.1) is 0 Å². The molecular weight excluding hydrogens is 228 g/mol. The first-order valence-electron chi connectivity index (χ1n) is 8.77. The topological polar surface area (TPSA) is 0 Å². The van der Waals surface area contributed by atoms with E-state index >= 15 is 0 Å². The van der Waals surface area contributed by atoms with E-state index in [4.69, 9.17) is 0 Å². The SMILES string of the molecule is CC1C(CC2C(C)C(C)[C@@H](C)C2C)C(C)[C@H](C)C1C. The first kappa shape index (κ1) is 15.4. The maximum absolute atomic E-state index is 2.52. The molecule has 0 aromatic rings. The van der Waals surface area contributed by atoms with Crippen molar-refractivity contribution in [2.45, 2.75) is 61.8 Å². The van der Waals surface area contributed by atoms with Crippen LogP contribution in [0.1, 0.15) is 61.8 Å². The minimum Gasteiger partial charge on any atom is -0.0620 e. The van der Waals surface area contributed by atoms with Crippen LogP contribution in [0.5, 0.6) is 0 Å². The highest BCUT2D eigenvalue weighted by Gasteiger charge is 2.47. The Hall–Kier alpha value is 0.